The number of carbonyl (C=O) groups is 1. The summed E-state index contributed by atoms with van der Waals surface area (Å²) in [6.45, 7) is 3.77. The second kappa shape index (κ2) is 4.46. The Bertz CT molecular complexity index is 477. The molecule has 0 spiro atoms. The van der Waals surface area contributed by atoms with Gasteiger partial charge in [-0.2, -0.15) is 0 Å². The zero-order valence-corrected chi connectivity index (χ0v) is 11.3. The van der Waals surface area contributed by atoms with Gasteiger partial charge in [0.1, 0.15) is 6.10 Å². The van der Waals surface area contributed by atoms with Gasteiger partial charge in [0.05, 0.1) is 18.3 Å². The van der Waals surface area contributed by atoms with Gasteiger partial charge in [-0.25, -0.2) is 4.79 Å². The fourth-order valence-electron chi connectivity index (χ4n) is 3.98. The summed E-state index contributed by atoms with van der Waals surface area (Å²) in [5.74, 6) is 0.360. The predicted octanol–water partition coefficient (Wildman–Crippen LogP) is 1.18. The zero-order valence-electron chi connectivity index (χ0n) is 11.3. The number of aliphatic hydroxyl groups is 2. The molecule has 0 saturated heterocycles. The number of ether oxygens (including phenoxy) is 1. The first-order valence-corrected chi connectivity index (χ1v) is 6.94. The number of hydrogen-bond donors (Lipinski definition) is 2. The third-order valence-electron chi connectivity index (χ3n) is 4.98. The van der Waals surface area contributed by atoms with E-state index in [4.69, 9.17) is 4.74 Å². The summed E-state index contributed by atoms with van der Waals surface area (Å²) in [7, 11) is 0. The van der Waals surface area contributed by atoms with Gasteiger partial charge in [-0.15, -0.1) is 0 Å². The Morgan fingerprint density at radius 1 is 1.47 bits per heavy atom. The van der Waals surface area contributed by atoms with Gasteiger partial charge < -0.3 is 14.9 Å². The normalized spacial score (nSPS) is 41.6. The Balaban J connectivity index is 2.14. The summed E-state index contributed by atoms with van der Waals surface area (Å²) in [5, 5.41) is 19.8. The van der Waals surface area contributed by atoms with Crippen molar-refractivity contribution in [1.29, 1.82) is 0 Å². The molecule has 4 heteroatoms. The quantitative estimate of drug-likeness (QED) is 0.551. The number of carbonyl (C=O) groups excluding carboxylic acids is 1. The van der Waals surface area contributed by atoms with Crippen molar-refractivity contribution >= 4 is 5.97 Å². The van der Waals surface area contributed by atoms with Crippen LogP contribution in [0, 0.1) is 17.8 Å². The minimum atomic E-state index is -0.625. The molecular weight excluding hydrogens is 244 g/mol. The summed E-state index contributed by atoms with van der Waals surface area (Å²) < 4.78 is 5.50. The van der Waals surface area contributed by atoms with E-state index in [1.807, 2.05) is 6.92 Å². The van der Waals surface area contributed by atoms with Gasteiger partial charge in [0.15, 0.2) is 0 Å². The molecule has 3 aliphatic rings. The van der Waals surface area contributed by atoms with Crippen molar-refractivity contribution in [2.45, 2.75) is 38.9 Å². The molecule has 0 aromatic carbocycles. The van der Waals surface area contributed by atoms with E-state index in [1.54, 1.807) is 0 Å². The lowest BCUT2D eigenvalue weighted by molar-refractivity contribution is -0.151. The fraction of sp³-hybridized carbons (Fsp3) is 0.667. The molecule has 2 aliphatic carbocycles. The summed E-state index contributed by atoms with van der Waals surface area (Å²) in [6, 6.07) is 0. The molecule has 1 fully saturated rings. The largest absolute Gasteiger partial charge is 0.454 e. The number of rotatable bonds is 1. The third kappa shape index (κ3) is 1.77. The molecule has 0 unspecified atom stereocenters. The van der Waals surface area contributed by atoms with Crippen LogP contribution in [0.2, 0.25) is 0 Å². The van der Waals surface area contributed by atoms with Crippen LogP contribution >= 0.6 is 0 Å². The molecule has 5 atom stereocenters. The molecule has 0 bridgehead atoms. The van der Waals surface area contributed by atoms with Gasteiger partial charge in [0, 0.05) is 5.92 Å². The minimum Gasteiger partial charge on any atom is -0.454 e. The predicted molar refractivity (Wildman–Crippen MR) is 69.1 cm³/mol. The maximum atomic E-state index is 12.0. The summed E-state index contributed by atoms with van der Waals surface area (Å²) in [4.78, 5) is 12.0. The molecule has 0 radical (unpaired) electrons. The molecule has 4 nitrogen and oxygen atoms in total. The molecule has 1 saturated carbocycles. The van der Waals surface area contributed by atoms with Gasteiger partial charge in [0.2, 0.25) is 0 Å². The average Bonchev–Trinajstić information content (AvgIpc) is 2.37. The Labute approximate surface area is 112 Å². The van der Waals surface area contributed by atoms with Crippen LogP contribution in [-0.4, -0.2) is 35.0 Å². The molecule has 0 amide bonds. The van der Waals surface area contributed by atoms with Crippen LogP contribution < -0.4 is 0 Å². The first-order valence-electron chi connectivity index (χ1n) is 6.94. The Kier molecular flexibility index (Phi) is 3.02. The van der Waals surface area contributed by atoms with E-state index in [9.17, 15) is 15.0 Å². The maximum absolute atomic E-state index is 12.0. The van der Waals surface area contributed by atoms with Crippen LogP contribution in [0.5, 0.6) is 0 Å². The van der Waals surface area contributed by atoms with Crippen molar-refractivity contribution < 1.29 is 19.7 Å². The number of aliphatic hydroxyl groups excluding tert-OH is 2. The van der Waals surface area contributed by atoms with E-state index < -0.39 is 12.1 Å². The zero-order chi connectivity index (χ0) is 13.7. The molecule has 104 valence electrons. The van der Waals surface area contributed by atoms with E-state index in [0.717, 1.165) is 17.6 Å². The van der Waals surface area contributed by atoms with Crippen LogP contribution in [0.4, 0.5) is 0 Å². The smallest absolute Gasteiger partial charge is 0.337 e. The molecule has 1 heterocycles. The minimum absolute atomic E-state index is 0.0450. The maximum Gasteiger partial charge on any atom is 0.337 e. The molecule has 1 aliphatic heterocycles. The fourth-order valence-corrected chi connectivity index (χ4v) is 3.98. The topological polar surface area (TPSA) is 66.8 Å². The van der Waals surface area contributed by atoms with Crippen LogP contribution in [0.15, 0.2) is 22.8 Å². The van der Waals surface area contributed by atoms with Crippen LogP contribution in [-0.2, 0) is 9.53 Å². The monoisotopic (exact) mass is 264 g/mol. The molecule has 2 N–H and O–H groups in total. The van der Waals surface area contributed by atoms with E-state index in [2.05, 4.69) is 13.0 Å². The highest BCUT2D eigenvalue weighted by atomic mass is 16.5. The lowest BCUT2D eigenvalue weighted by Gasteiger charge is -2.49. The second-order valence-corrected chi connectivity index (χ2v) is 6.02. The van der Waals surface area contributed by atoms with Gasteiger partial charge in [-0.1, -0.05) is 13.0 Å². The summed E-state index contributed by atoms with van der Waals surface area (Å²) >= 11 is 0. The van der Waals surface area contributed by atoms with E-state index in [-0.39, 0.29) is 24.2 Å². The van der Waals surface area contributed by atoms with Crippen molar-refractivity contribution in [2.75, 3.05) is 6.61 Å². The van der Waals surface area contributed by atoms with Crippen LogP contribution in [0.3, 0.4) is 0 Å². The molecular formula is C15H20O4. The third-order valence-corrected chi connectivity index (χ3v) is 4.98. The second-order valence-electron chi connectivity index (χ2n) is 6.02. The van der Waals surface area contributed by atoms with Gasteiger partial charge in [-0.05, 0) is 42.7 Å². The first kappa shape index (κ1) is 12.9. The van der Waals surface area contributed by atoms with E-state index in [1.165, 1.54) is 0 Å². The van der Waals surface area contributed by atoms with E-state index in [0.29, 0.717) is 18.3 Å². The highest BCUT2D eigenvalue weighted by Gasteiger charge is 2.50. The van der Waals surface area contributed by atoms with Crippen LogP contribution in [0.25, 0.3) is 0 Å². The summed E-state index contributed by atoms with van der Waals surface area (Å²) in [5.41, 5.74) is 2.07. The van der Waals surface area contributed by atoms with Gasteiger partial charge >= 0.3 is 5.97 Å². The lowest BCUT2D eigenvalue weighted by atomic mass is 9.60. The van der Waals surface area contributed by atoms with E-state index >= 15 is 0 Å². The highest BCUT2D eigenvalue weighted by Crippen LogP contribution is 2.50. The van der Waals surface area contributed by atoms with Crippen LogP contribution in [0.1, 0.15) is 26.7 Å². The average molecular weight is 264 g/mol. The first-order chi connectivity index (χ1) is 9.04. The summed E-state index contributed by atoms with van der Waals surface area (Å²) in [6.07, 6.45) is 2.89. The van der Waals surface area contributed by atoms with Crippen molar-refractivity contribution in [2.24, 2.45) is 17.8 Å². The molecule has 3 rings (SSSR count). The molecule has 0 aromatic heterocycles. The van der Waals surface area contributed by atoms with Gasteiger partial charge in [-0.3, -0.25) is 0 Å². The molecule has 0 aromatic rings. The highest BCUT2D eigenvalue weighted by molar-refractivity contribution is 5.91. The standard InChI is InChI=1S/C15H20O4/c1-7-3-4-9-8(2)5-11(17)12-10(6-16)15(18)19-14(7)13(9)12/h3,8-9,11,13-14,16-17H,4-6H2,1-2H3/t8-,9+,11-,13-,14-/m1/s1. The van der Waals surface area contributed by atoms with Gasteiger partial charge in [0.25, 0.3) is 0 Å². The SMILES string of the molecule is CC1=CC[C@@H]2[C@@H]3C(=C(CO)C(=O)O[C@H]13)[C@H](O)C[C@H]2C. The molecule has 19 heavy (non-hydrogen) atoms. The number of allylic oxidation sites excluding steroid dienone is 1. The van der Waals surface area contributed by atoms with Crippen molar-refractivity contribution in [3.8, 4) is 0 Å². The number of esters is 1. The Morgan fingerprint density at radius 2 is 2.21 bits per heavy atom. The van der Waals surface area contributed by atoms with Crippen molar-refractivity contribution in [1.82, 2.24) is 0 Å². The Morgan fingerprint density at radius 3 is 2.89 bits per heavy atom. The van der Waals surface area contributed by atoms with Crippen molar-refractivity contribution in [3.63, 3.8) is 0 Å². The number of hydrogen-bond acceptors (Lipinski definition) is 4. The van der Waals surface area contributed by atoms with Crippen molar-refractivity contribution in [3.05, 3.63) is 22.8 Å². The lowest BCUT2D eigenvalue weighted by Crippen LogP contribution is -2.50. The Hall–Kier alpha value is -1.13.